The van der Waals surface area contributed by atoms with Crippen LogP contribution in [0.2, 0.25) is 0 Å². The normalized spacial score (nSPS) is 16.8. The summed E-state index contributed by atoms with van der Waals surface area (Å²) in [5, 5.41) is 23.7. The Balaban J connectivity index is 2.12. The van der Waals surface area contributed by atoms with Crippen molar-refractivity contribution in [2.24, 2.45) is 5.10 Å². The quantitative estimate of drug-likeness (QED) is 0.815. The summed E-state index contributed by atoms with van der Waals surface area (Å²) in [6, 6.07) is 9.43. The van der Waals surface area contributed by atoms with E-state index in [0.29, 0.717) is 5.04 Å². The molecule has 2 rings (SSSR count). The van der Waals surface area contributed by atoms with Crippen LogP contribution in [0.1, 0.15) is 5.56 Å². The van der Waals surface area contributed by atoms with Gasteiger partial charge < -0.3 is 10.2 Å². The van der Waals surface area contributed by atoms with Crippen molar-refractivity contribution < 1.29 is 15.0 Å². The first kappa shape index (κ1) is 12.1. The number of nitrogens with zero attached hydrogens (tertiary/aromatic N) is 2. The molecule has 1 aromatic carbocycles. The van der Waals surface area contributed by atoms with Crippen molar-refractivity contribution >= 4 is 22.7 Å². The van der Waals surface area contributed by atoms with E-state index in [1.54, 1.807) is 0 Å². The van der Waals surface area contributed by atoms with Crippen LogP contribution >= 0.6 is 11.8 Å². The van der Waals surface area contributed by atoms with Gasteiger partial charge in [0.2, 0.25) is 0 Å². The summed E-state index contributed by atoms with van der Waals surface area (Å²) in [5.41, 5.74) is 0.905. The van der Waals surface area contributed by atoms with Gasteiger partial charge in [-0.15, -0.1) is 0 Å². The molecule has 1 aromatic rings. The SMILES string of the molecule is O=C(C(O)CO)N1[CH]SC(c2ccccc2)=N1. The topological polar surface area (TPSA) is 73.1 Å². The predicted molar refractivity (Wildman–Crippen MR) is 64.8 cm³/mol. The van der Waals surface area contributed by atoms with Gasteiger partial charge in [-0.3, -0.25) is 4.79 Å². The summed E-state index contributed by atoms with van der Waals surface area (Å²) in [6.45, 7) is -0.607. The number of carbonyl (C=O) groups excluding carboxylic acids is 1. The maximum atomic E-state index is 11.5. The molecule has 2 N–H and O–H groups in total. The Hall–Kier alpha value is -1.37. The Morgan fingerprint density at radius 2 is 2.12 bits per heavy atom. The molecule has 1 amide bonds. The maximum absolute atomic E-state index is 11.5. The van der Waals surface area contributed by atoms with Crippen molar-refractivity contribution in [1.29, 1.82) is 0 Å². The Labute approximate surface area is 103 Å². The fraction of sp³-hybridized carbons (Fsp3) is 0.182. The molecule has 0 saturated carbocycles. The van der Waals surface area contributed by atoms with Crippen molar-refractivity contribution in [2.45, 2.75) is 6.10 Å². The highest BCUT2D eigenvalue weighted by Crippen LogP contribution is 2.26. The summed E-state index contributed by atoms with van der Waals surface area (Å²) in [7, 11) is 0. The minimum absolute atomic E-state index is 0.607. The molecule has 0 fully saturated rings. The summed E-state index contributed by atoms with van der Waals surface area (Å²) in [4.78, 5) is 11.5. The molecule has 5 nitrogen and oxygen atoms in total. The lowest BCUT2D eigenvalue weighted by Crippen LogP contribution is -2.34. The lowest BCUT2D eigenvalue weighted by Gasteiger charge is -2.12. The fourth-order valence-corrected chi connectivity index (χ4v) is 2.04. The molecule has 0 aliphatic carbocycles. The first-order chi connectivity index (χ1) is 8.22. The monoisotopic (exact) mass is 251 g/mol. The van der Waals surface area contributed by atoms with Gasteiger partial charge in [-0.2, -0.15) is 5.10 Å². The number of aliphatic hydroxyl groups is 2. The van der Waals surface area contributed by atoms with Gasteiger partial charge in [0, 0.05) is 5.56 Å². The zero-order valence-corrected chi connectivity index (χ0v) is 9.67. The molecular weight excluding hydrogens is 240 g/mol. The summed E-state index contributed by atoms with van der Waals surface area (Å²) in [5.74, 6) is 0.870. The van der Waals surface area contributed by atoms with Crippen molar-refractivity contribution in [3.05, 3.63) is 41.8 Å². The number of amides is 1. The lowest BCUT2D eigenvalue weighted by atomic mass is 10.2. The molecule has 1 heterocycles. The van der Waals surface area contributed by atoms with E-state index in [4.69, 9.17) is 5.11 Å². The van der Waals surface area contributed by atoms with E-state index in [1.165, 1.54) is 17.6 Å². The summed E-state index contributed by atoms with van der Waals surface area (Å²) >= 11 is 1.30. The van der Waals surface area contributed by atoms with Crippen molar-refractivity contribution in [3.8, 4) is 0 Å². The molecule has 89 valence electrons. The van der Waals surface area contributed by atoms with Crippen LogP contribution in [-0.4, -0.2) is 38.9 Å². The average Bonchev–Trinajstić information content (AvgIpc) is 2.87. The van der Waals surface area contributed by atoms with Gasteiger partial charge >= 0.3 is 0 Å². The number of aliphatic hydroxyl groups excluding tert-OH is 2. The van der Waals surface area contributed by atoms with E-state index in [2.05, 4.69) is 5.10 Å². The zero-order valence-electron chi connectivity index (χ0n) is 8.85. The van der Waals surface area contributed by atoms with Gasteiger partial charge in [-0.05, 0) is 0 Å². The van der Waals surface area contributed by atoms with E-state index < -0.39 is 18.6 Å². The van der Waals surface area contributed by atoms with Crippen LogP contribution in [0.25, 0.3) is 0 Å². The lowest BCUT2D eigenvalue weighted by molar-refractivity contribution is -0.139. The molecule has 0 saturated heterocycles. The minimum atomic E-state index is -1.43. The van der Waals surface area contributed by atoms with Crippen LogP contribution in [0.4, 0.5) is 0 Å². The van der Waals surface area contributed by atoms with Crippen LogP contribution in [0.3, 0.4) is 0 Å². The number of thioether (sulfide) groups is 1. The molecule has 17 heavy (non-hydrogen) atoms. The van der Waals surface area contributed by atoms with Gasteiger partial charge in [0.15, 0.2) is 6.10 Å². The Morgan fingerprint density at radius 3 is 2.76 bits per heavy atom. The standard InChI is InChI=1S/C11H11N2O3S/c14-6-9(15)11(16)13-7-17-10(12-13)8-4-2-1-3-5-8/h1-5,7,9,14-15H,6H2. The van der Waals surface area contributed by atoms with Crippen LogP contribution in [0, 0.1) is 5.88 Å². The van der Waals surface area contributed by atoms with E-state index in [1.807, 2.05) is 30.3 Å². The molecule has 1 aliphatic heterocycles. The first-order valence-electron chi connectivity index (χ1n) is 4.98. The van der Waals surface area contributed by atoms with Crippen LogP contribution in [0.5, 0.6) is 0 Å². The van der Waals surface area contributed by atoms with E-state index >= 15 is 0 Å². The number of benzene rings is 1. The molecular formula is C11H11N2O3S. The second kappa shape index (κ2) is 5.31. The maximum Gasteiger partial charge on any atom is 0.275 e. The number of carbonyl (C=O) groups is 1. The number of hydrogen-bond donors (Lipinski definition) is 2. The molecule has 0 bridgehead atoms. The van der Waals surface area contributed by atoms with E-state index in [-0.39, 0.29) is 0 Å². The molecule has 6 heteroatoms. The fourth-order valence-electron chi connectivity index (χ4n) is 1.28. The van der Waals surface area contributed by atoms with Crippen LogP contribution < -0.4 is 0 Å². The predicted octanol–water partition coefficient (Wildman–Crippen LogP) is 0.396. The van der Waals surface area contributed by atoms with E-state index in [9.17, 15) is 9.90 Å². The molecule has 1 atom stereocenters. The molecule has 1 aliphatic rings. The Bertz CT molecular complexity index is 436. The first-order valence-corrected chi connectivity index (χ1v) is 5.86. The minimum Gasteiger partial charge on any atom is -0.393 e. The third-order valence-corrected chi connectivity index (χ3v) is 3.01. The smallest absolute Gasteiger partial charge is 0.275 e. The van der Waals surface area contributed by atoms with Gasteiger partial charge in [-0.25, -0.2) is 5.01 Å². The third-order valence-electron chi connectivity index (χ3n) is 2.17. The highest BCUT2D eigenvalue weighted by molar-refractivity contribution is 8.16. The van der Waals surface area contributed by atoms with Crippen LogP contribution in [-0.2, 0) is 4.79 Å². The van der Waals surface area contributed by atoms with Crippen LogP contribution in [0.15, 0.2) is 35.4 Å². The number of hydrogen-bond acceptors (Lipinski definition) is 5. The third kappa shape index (κ3) is 2.66. The van der Waals surface area contributed by atoms with Gasteiger partial charge in [0.1, 0.15) is 10.9 Å². The van der Waals surface area contributed by atoms with Gasteiger partial charge in [0.05, 0.1) is 6.61 Å². The van der Waals surface area contributed by atoms with Gasteiger partial charge in [0.25, 0.3) is 5.91 Å². The second-order valence-corrected chi connectivity index (χ2v) is 4.21. The Morgan fingerprint density at radius 1 is 1.41 bits per heavy atom. The highest BCUT2D eigenvalue weighted by Gasteiger charge is 2.27. The Kier molecular flexibility index (Phi) is 3.78. The molecule has 0 spiro atoms. The zero-order chi connectivity index (χ0) is 12.3. The van der Waals surface area contributed by atoms with Gasteiger partial charge in [-0.1, -0.05) is 42.1 Å². The number of hydrazone groups is 1. The molecule has 1 unspecified atom stereocenters. The average molecular weight is 251 g/mol. The van der Waals surface area contributed by atoms with E-state index in [0.717, 1.165) is 10.6 Å². The highest BCUT2D eigenvalue weighted by atomic mass is 32.2. The van der Waals surface area contributed by atoms with Crippen molar-refractivity contribution in [2.75, 3.05) is 6.61 Å². The number of rotatable bonds is 3. The van der Waals surface area contributed by atoms with Crippen molar-refractivity contribution in [3.63, 3.8) is 0 Å². The molecule has 1 radical (unpaired) electrons. The van der Waals surface area contributed by atoms with Crippen molar-refractivity contribution in [1.82, 2.24) is 5.01 Å². The summed E-state index contributed by atoms with van der Waals surface area (Å²) in [6.07, 6.45) is -1.43. The second-order valence-electron chi connectivity index (χ2n) is 3.38. The largest absolute Gasteiger partial charge is 0.393 e. The molecule has 0 aromatic heterocycles. The summed E-state index contributed by atoms with van der Waals surface area (Å²) < 4.78 is 0.